The third kappa shape index (κ3) is 4.11. The summed E-state index contributed by atoms with van der Waals surface area (Å²) in [6.45, 7) is 0. The number of benzene rings is 1. The van der Waals surface area contributed by atoms with Crippen molar-refractivity contribution in [1.82, 2.24) is 5.01 Å². The van der Waals surface area contributed by atoms with Crippen LogP contribution in [0.15, 0.2) is 40.8 Å². The van der Waals surface area contributed by atoms with E-state index < -0.39 is 5.97 Å². The van der Waals surface area contributed by atoms with Crippen LogP contribution in [0.2, 0.25) is 0 Å². The molecule has 0 spiro atoms. The van der Waals surface area contributed by atoms with E-state index in [1.165, 1.54) is 5.01 Å². The first-order valence-electron chi connectivity index (χ1n) is 8.40. The van der Waals surface area contributed by atoms with Crippen molar-refractivity contribution >= 4 is 28.9 Å². The summed E-state index contributed by atoms with van der Waals surface area (Å²) in [6.07, 6.45) is 0.252. The molecule has 1 atom stereocenters. The number of hydrogen-bond acceptors (Lipinski definition) is 6. The van der Waals surface area contributed by atoms with Crippen LogP contribution in [0, 0.1) is 0 Å². The Hall–Kier alpha value is -2.87. The molecular formula is C19H20N2O5S. The predicted octanol–water partition coefficient (Wildman–Crippen LogP) is 3.31. The van der Waals surface area contributed by atoms with Gasteiger partial charge in [-0.15, -0.1) is 11.3 Å². The van der Waals surface area contributed by atoms with Crippen molar-refractivity contribution in [3.63, 3.8) is 0 Å². The van der Waals surface area contributed by atoms with Crippen LogP contribution in [0.4, 0.5) is 0 Å². The van der Waals surface area contributed by atoms with Gasteiger partial charge in [0, 0.05) is 23.3 Å². The number of carboxylic acid groups (broad SMARTS) is 1. The number of aliphatic carboxylic acids is 1. The normalized spacial score (nSPS) is 16.1. The van der Waals surface area contributed by atoms with E-state index in [4.69, 9.17) is 14.6 Å². The lowest BCUT2D eigenvalue weighted by molar-refractivity contribution is -0.141. The average molecular weight is 388 g/mol. The van der Waals surface area contributed by atoms with Crippen LogP contribution >= 0.6 is 11.3 Å². The molecule has 8 heteroatoms. The number of methoxy groups -OCH3 is 2. The fraction of sp³-hybridized carbons (Fsp3) is 0.316. The van der Waals surface area contributed by atoms with Gasteiger partial charge in [-0.3, -0.25) is 9.59 Å². The largest absolute Gasteiger partial charge is 0.493 e. The Morgan fingerprint density at radius 1 is 1.22 bits per heavy atom. The zero-order valence-electron chi connectivity index (χ0n) is 15.0. The first kappa shape index (κ1) is 18.9. The molecule has 0 aliphatic carbocycles. The van der Waals surface area contributed by atoms with Crippen LogP contribution < -0.4 is 9.47 Å². The van der Waals surface area contributed by atoms with E-state index >= 15 is 0 Å². The second-order valence-corrected chi connectivity index (χ2v) is 6.96. The van der Waals surface area contributed by atoms with Crippen LogP contribution in [0.3, 0.4) is 0 Å². The molecular weight excluding hydrogens is 368 g/mol. The summed E-state index contributed by atoms with van der Waals surface area (Å²) in [7, 11) is 3.13. The number of hydrogen-bond donors (Lipinski definition) is 1. The number of thiophene rings is 1. The number of carboxylic acids is 1. The molecule has 142 valence electrons. The number of hydrazone groups is 1. The second kappa shape index (κ2) is 8.22. The molecule has 1 N–H and O–H groups in total. The molecule has 2 aromatic rings. The Kier molecular flexibility index (Phi) is 5.75. The minimum atomic E-state index is -1.00. The van der Waals surface area contributed by atoms with Gasteiger partial charge < -0.3 is 14.6 Å². The first-order chi connectivity index (χ1) is 13.0. The van der Waals surface area contributed by atoms with Crippen LogP contribution in [-0.4, -0.2) is 41.9 Å². The first-order valence-corrected chi connectivity index (χ1v) is 9.28. The molecule has 0 bridgehead atoms. The SMILES string of the molecule is COc1ccc(C2=NN(C(=O)CCC(=O)O)[C@@H](c3cccs3)C2)cc1OC. The summed E-state index contributed by atoms with van der Waals surface area (Å²) in [5.74, 6) is -0.101. The quantitative estimate of drug-likeness (QED) is 0.786. The van der Waals surface area contributed by atoms with Crippen LogP contribution in [0.25, 0.3) is 0 Å². The summed E-state index contributed by atoms with van der Waals surface area (Å²) >= 11 is 1.55. The minimum Gasteiger partial charge on any atom is -0.493 e. The van der Waals surface area contributed by atoms with E-state index in [0.717, 1.165) is 16.2 Å². The fourth-order valence-electron chi connectivity index (χ4n) is 2.96. The van der Waals surface area contributed by atoms with Crippen molar-refractivity contribution in [2.45, 2.75) is 25.3 Å². The molecule has 0 unspecified atom stereocenters. The Labute approximate surface area is 160 Å². The smallest absolute Gasteiger partial charge is 0.303 e. The monoisotopic (exact) mass is 388 g/mol. The Morgan fingerprint density at radius 2 is 2.00 bits per heavy atom. The van der Waals surface area contributed by atoms with Gasteiger partial charge in [0.15, 0.2) is 11.5 Å². The third-order valence-electron chi connectivity index (χ3n) is 4.31. The van der Waals surface area contributed by atoms with Crippen molar-refractivity contribution < 1.29 is 24.2 Å². The Morgan fingerprint density at radius 3 is 2.63 bits per heavy atom. The summed E-state index contributed by atoms with van der Waals surface area (Å²) < 4.78 is 10.6. The molecule has 0 saturated heterocycles. The Bertz CT molecular complexity index is 863. The standard InChI is InChI=1S/C19H20N2O5S/c1-25-15-6-5-12(10-16(15)26-2)13-11-14(17-4-3-9-27-17)21(20-13)18(22)7-8-19(23)24/h3-6,9-10,14H,7-8,11H2,1-2H3,(H,23,24)/t14-/m1/s1. The van der Waals surface area contributed by atoms with Crippen molar-refractivity contribution in [2.24, 2.45) is 5.10 Å². The minimum absolute atomic E-state index is 0.0834. The highest BCUT2D eigenvalue weighted by Crippen LogP contribution is 2.37. The summed E-state index contributed by atoms with van der Waals surface area (Å²) in [4.78, 5) is 24.4. The van der Waals surface area contributed by atoms with Gasteiger partial charge in [-0.2, -0.15) is 5.10 Å². The second-order valence-electron chi connectivity index (χ2n) is 5.98. The van der Waals surface area contributed by atoms with Gasteiger partial charge >= 0.3 is 5.97 Å². The van der Waals surface area contributed by atoms with Crippen molar-refractivity contribution in [2.75, 3.05) is 14.2 Å². The molecule has 1 amide bonds. The van der Waals surface area contributed by atoms with Gasteiger partial charge in [0.25, 0.3) is 0 Å². The third-order valence-corrected chi connectivity index (χ3v) is 5.28. The maximum absolute atomic E-state index is 12.6. The molecule has 1 aromatic carbocycles. The molecule has 0 fully saturated rings. The molecule has 1 aliphatic heterocycles. The van der Waals surface area contributed by atoms with Crippen LogP contribution in [-0.2, 0) is 9.59 Å². The summed E-state index contributed by atoms with van der Waals surface area (Å²) in [5.41, 5.74) is 1.58. The average Bonchev–Trinajstić information content (AvgIpc) is 3.34. The van der Waals surface area contributed by atoms with E-state index in [9.17, 15) is 9.59 Å². The van der Waals surface area contributed by atoms with Crippen molar-refractivity contribution in [3.05, 3.63) is 46.2 Å². The maximum Gasteiger partial charge on any atom is 0.303 e. The molecule has 7 nitrogen and oxygen atoms in total. The summed E-state index contributed by atoms with van der Waals surface area (Å²) in [5, 5.41) is 16.7. The summed E-state index contributed by atoms with van der Waals surface area (Å²) in [6, 6.07) is 9.15. The molecule has 2 heterocycles. The highest BCUT2D eigenvalue weighted by atomic mass is 32.1. The lowest BCUT2D eigenvalue weighted by atomic mass is 10.0. The number of ether oxygens (including phenoxy) is 2. The molecule has 27 heavy (non-hydrogen) atoms. The fourth-order valence-corrected chi connectivity index (χ4v) is 3.77. The lowest BCUT2D eigenvalue weighted by Crippen LogP contribution is -2.26. The van der Waals surface area contributed by atoms with E-state index in [1.54, 1.807) is 31.6 Å². The van der Waals surface area contributed by atoms with E-state index in [0.29, 0.717) is 17.9 Å². The van der Waals surface area contributed by atoms with Crippen LogP contribution in [0.5, 0.6) is 11.5 Å². The lowest BCUT2D eigenvalue weighted by Gasteiger charge is -2.20. The molecule has 0 radical (unpaired) electrons. The maximum atomic E-state index is 12.6. The number of carbonyl (C=O) groups excluding carboxylic acids is 1. The van der Waals surface area contributed by atoms with Gasteiger partial charge in [0.05, 0.1) is 32.4 Å². The Balaban J connectivity index is 1.90. The van der Waals surface area contributed by atoms with E-state index in [2.05, 4.69) is 5.10 Å². The molecule has 1 aromatic heterocycles. The van der Waals surface area contributed by atoms with Crippen molar-refractivity contribution in [3.8, 4) is 11.5 Å². The van der Waals surface area contributed by atoms with E-state index in [-0.39, 0.29) is 24.8 Å². The molecule has 0 saturated carbocycles. The molecule has 3 rings (SSSR count). The zero-order valence-corrected chi connectivity index (χ0v) is 15.9. The van der Waals surface area contributed by atoms with Gasteiger partial charge in [-0.05, 0) is 29.6 Å². The van der Waals surface area contributed by atoms with Crippen LogP contribution in [0.1, 0.15) is 35.7 Å². The topological polar surface area (TPSA) is 88.4 Å². The number of carbonyl (C=O) groups is 2. The highest BCUT2D eigenvalue weighted by Gasteiger charge is 2.33. The number of nitrogens with zero attached hydrogens (tertiary/aromatic N) is 2. The number of rotatable bonds is 7. The predicted molar refractivity (Wildman–Crippen MR) is 101 cm³/mol. The van der Waals surface area contributed by atoms with Crippen molar-refractivity contribution in [1.29, 1.82) is 0 Å². The van der Waals surface area contributed by atoms with E-state index in [1.807, 2.05) is 29.6 Å². The zero-order chi connectivity index (χ0) is 19.4. The molecule has 1 aliphatic rings. The highest BCUT2D eigenvalue weighted by molar-refractivity contribution is 7.10. The number of amides is 1. The van der Waals surface area contributed by atoms with Gasteiger partial charge in [0.1, 0.15) is 0 Å². The van der Waals surface area contributed by atoms with Gasteiger partial charge in [-0.1, -0.05) is 6.07 Å². The van der Waals surface area contributed by atoms with Gasteiger partial charge in [0.2, 0.25) is 5.91 Å². The van der Waals surface area contributed by atoms with Gasteiger partial charge in [-0.25, -0.2) is 5.01 Å².